The lowest BCUT2D eigenvalue weighted by atomic mass is 9.69. The van der Waals surface area contributed by atoms with Gasteiger partial charge < -0.3 is 9.47 Å². The summed E-state index contributed by atoms with van der Waals surface area (Å²) in [5.41, 5.74) is 6.26. The SMILES string of the molecule is CC1(C)C=C(OCCN2CCOCC2)CC2=C1Cc1ccccc1C2. The maximum absolute atomic E-state index is 6.20. The molecule has 134 valence electrons. The van der Waals surface area contributed by atoms with E-state index < -0.39 is 0 Å². The molecule has 1 fully saturated rings. The van der Waals surface area contributed by atoms with E-state index in [1.807, 2.05) is 0 Å². The first kappa shape index (κ1) is 16.9. The molecule has 1 saturated heterocycles. The van der Waals surface area contributed by atoms with Crippen LogP contribution in [0.15, 0.2) is 47.2 Å². The van der Waals surface area contributed by atoms with E-state index in [-0.39, 0.29) is 5.41 Å². The van der Waals surface area contributed by atoms with Crippen molar-refractivity contribution in [2.75, 3.05) is 39.5 Å². The van der Waals surface area contributed by atoms with Crippen molar-refractivity contribution >= 4 is 0 Å². The highest BCUT2D eigenvalue weighted by Crippen LogP contribution is 2.44. The van der Waals surface area contributed by atoms with Gasteiger partial charge in [-0.2, -0.15) is 0 Å². The van der Waals surface area contributed by atoms with Crippen LogP contribution in [0.4, 0.5) is 0 Å². The summed E-state index contributed by atoms with van der Waals surface area (Å²) in [5.74, 6) is 1.16. The Kier molecular flexibility index (Phi) is 4.70. The number of ether oxygens (including phenoxy) is 2. The van der Waals surface area contributed by atoms with Crippen LogP contribution in [-0.2, 0) is 22.3 Å². The molecule has 1 aromatic rings. The molecule has 0 aromatic heterocycles. The lowest BCUT2D eigenvalue weighted by Crippen LogP contribution is -2.38. The minimum Gasteiger partial charge on any atom is -0.497 e. The maximum atomic E-state index is 6.20. The molecule has 0 unspecified atom stereocenters. The molecule has 4 rings (SSSR count). The summed E-state index contributed by atoms with van der Waals surface area (Å²) >= 11 is 0. The van der Waals surface area contributed by atoms with Gasteiger partial charge in [-0.25, -0.2) is 0 Å². The second kappa shape index (κ2) is 6.97. The van der Waals surface area contributed by atoms with Crippen LogP contribution in [0.3, 0.4) is 0 Å². The van der Waals surface area contributed by atoms with Gasteiger partial charge in [-0.1, -0.05) is 49.3 Å². The Morgan fingerprint density at radius 3 is 2.52 bits per heavy atom. The highest BCUT2D eigenvalue weighted by Gasteiger charge is 2.32. The molecule has 0 bridgehead atoms. The summed E-state index contributed by atoms with van der Waals surface area (Å²) < 4.78 is 11.6. The molecule has 0 radical (unpaired) electrons. The molecule has 3 nitrogen and oxygen atoms in total. The van der Waals surface area contributed by atoms with Gasteiger partial charge in [-0.05, 0) is 30.0 Å². The Labute approximate surface area is 151 Å². The lowest BCUT2D eigenvalue weighted by Gasteiger charge is -2.37. The van der Waals surface area contributed by atoms with E-state index in [1.165, 1.54) is 11.1 Å². The Bertz CT molecular complexity index is 696. The number of morpholine rings is 1. The summed E-state index contributed by atoms with van der Waals surface area (Å²) in [6.45, 7) is 10.2. The minimum atomic E-state index is 0.0927. The van der Waals surface area contributed by atoms with Crippen LogP contribution in [0.1, 0.15) is 31.4 Å². The van der Waals surface area contributed by atoms with Gasteiger partial charge >= 0.3 is 0 Å². The fraction of sp³-hybridized carbons (Fsp3) is 0.545. The number of hydrogen-bond donors (Lipinski definition) is 0. The monoisotopic (exact) mass is 339 g/mol. The van der Waals surface area contributed by atoms with Crippen molar-refractivity contribution in [1.82, 2.24) is 4.90 Å². The number of allylic oxidation sites excluding steroid dienone is 3. The van der Waals surface area contributed by atoms with Crippen LogP contribution >= 0.6 is 0 Å². The second-order valence-corrected chi connectivity index (χ2v) is 8.02. The highest BCUT2D eigenvalue weighted by molar-refractivity contribution is 5.46. The molecular weight excluding hydrogens is 310 g/mol. The zero-order valence-electron chi connectivity index (χ0n) is 15.5. The first-order valence-corrected chi connectivity index (χ1v) is 9.54. The Morgan fingerprint density at radius 1 is 1.04 bits per heavy atom. The molecule has 1 aliphatic heterocycles. The zero-order chi connectivity index (χ0) is 17.3. The van der Waals surface area contributed by atoms with E-state index in [0.29, 0.717) is 0 Å². The molecule has 25 heavy (non-hydrogen) atoms. The minimum absolute atomic E-state index is 0.0927. The van der Waals surface area contributed by atoms with Crippen LogP contribution in [0.2, 0.25) is 0 Å². The van der Waals surface area contributed by atoms with E-state index in [0.717, 1.165) is 64.5 Å². The highest BCUT2D eigenvalue weighted by atomic mass is 16.5. The quantitative estimate of drug-likeness (QED) is 0.780. The van der Waals surface area contributed by atoms with Crippen LogP contribution in [-0.4, -0.2) is 44.4 Å². The summed E-state index contributed by atoms with van der Waals surface area (Å²) in [4.78, 5) is 2.43. The van der Waals surface area contributed by atoms with Crippen LogP contribution in [0, 0.1) is 5.41 Å². The van der Waals surface area contributed by atoms with Gasteiger partial charge in [0.05, 0.1) is 19.0 Å². The fourth-order valence-electron chi connectivity index (χ4n) is 4.38. The molecule has 1 aromatic carbocycles. The van der Waals surface area contributed by atoms with Crippen molar-refractivity contribution in [3.8, 4) is 0 Å². The van der Waals surface area contributed by atoms with Crippen LogP contribution in [0.25, 0.3) is 0 Å². The van der Waals surface area contributed by atoms with E-state index >= 15 is 0 Å². The van der Waals surface area contributed by atoms with E-state index in [9.17, 15) is 0 Å². The summed E-state index contributed by atoms with van der Waals surface area (Å²) in [6, 6.07) is 8.89. The summed E-state index contributed by atoms with van der Waals surface area (Å²) in [6.07, 6.45) is 5.52. The third-order valence-corrected chi connectivity index (χ3v) is 5.80. The van der Waals surface area contributed by atoms with E-state index in [4.69, 9.17) is 9.47 Å². The van der Waals surface area contributed by atoms with Gasteiger partial charge in [0.2, 0.25) is 0 Å². The van der Waals surface area contributed by atoms with Gasteiger partial charge in [0.15, 0.2) is 0 Å². The smallest absolute Gasteiger partial charge is 0.100 e. The molecule has 2 aliphatic carbocycles. The molecular formula is C22H29NO2. The molecule has 0 atom stereocenters. The zero-order valence-corrected chi connectivity index (χ0v) is 15.5. The van der Waals surface area contributed by atoms with Crippen molar-refractivity contribution in [3.63, 3.8) is 0 Å². The third kappa shape index (κ3) is 3.68. The summed E-state index contributed by atoms with van der Waals surface area (Å²) in [5, 5.41) is 0. The predicted molar refractivity (Wildman–Crippen MR) is 101 cm³/mol. The number of hydrogen-bond acceptors (Lipinski definition) is 3. The standard InChI is InChI=1S/C22H29NO2/c1-22(2)16-20(25-12-9-23-7-10-24-11-8-23)14-19-13-17-5-3-4-6-18(17)15-21(19)22/h3-6,16H,7-15H2,1-2H3. The van der Waals surface area contributed by atoms with Crippen molar-refractivity contribution in [2.45, 2.75) is 33.1 Å². The van der Waals surface area contributed by atoms with Crippen molar-refractivity contribution in [2.24, 2.45) is 5.41 Å². The van der Waals surface area contributed by atoms with Crippen LogP contribution in [0.5, 0.6) is 0 Å². The van der Waals surface area contributed by atoms with Gasteiger partial charge in [0.1, 0.15) is 6.61 Å². The molecule has 0 spiro atoms. The van der Waals surface area contributed by atoms with Gasteiger partial charge in [-0.3, -0.25) is 4.90 Å². The van der Waals surface area contributed by atoms with Crippen molar-refractivity contribution < 1.29 is 9.47 Å². The van der Waals surface area contributed by atoms with E-state index in [1.54, 1.807) is 11.1 Å². The van der Waals surface area contributed by atoms with E-state index in [2.05, 4.69) is 49.1 Å². The molecule has 0 saturated carbocycles. The van der Waals surface area contributed by atoms with Gasteiger partial charge in [0, 0.05) is 31.5 Å². The first-order chi connectivity index (χ1) is 12.1. The third-order valence-electron chi connectivity index (χ3n) is 5.80. The van der Waals surface area contributed by atoms with Crippen molar-refractivity contribution in [1.29, 1.82) is 0 Å². The molecule has 3 heteroatoms. The maximum Gasteiger partial charge on any atom is 0.100 e. The second-order valence-electron chi connectivity index (χ2n) is 8.02. The number of benzene rings is 1. The van der Waals surface area contributed by atoms with Gasteiger partial charge in [-0.15, -0.1) is 0 Å². The van der Waals surface area contributed by atoms with Crippen LogP contribution < -0.4 is 0 Å². The average Bonchev–Trinajstić information content (AvgIpc) is 2.61. The molecule has 0 amide bonds. The van der Waals surface area contributed by atoms with Gasteiger partial charge in [0.25, 0.3) is 0 Å². The Balaban J connectivity index is 1.40. The number of nitrogens with zero attached hydrogens (tertiary/aromatic N) is 1. The average molecular weight is 339 g/mol. The molecule has 3 aliphatic rings. The lowest BCUT2D eigenvalue weighted by molar-refractivity contribution is 0.0269. The first-order valence-electron chi connectivity index (χ1n) is 9.54. The predicted octanol–water partition coefficient (Wildman–Crippen LogP) is 3.74. The fourth-order valence-corrected chi connectivity index (χ4v) is 4.38. The molecule has 0 N–H and O–H groups in total. The largest absolute Gasteiger partial charge is 0.497 e. The number of fused-ring (bicyclic) bond motifs is 1. The Morgan fingerprint density at radius 2 is 1.76 bits per heavy atom. The molecule has 1 heterocycles. The summed E-state index contributed by atoms with van der Waals surface area (Å²) in [7, 11) is 0. The van der Waals surface area contributed by atoms with Crippen molar-refractivity contribution in [3.05, 3.63) is 58.4 Å². The topological polar surface area (TPSA) is 21.7 Å². The Hall–Kier alpha value is -1.58. The number of rotatable bonds is 4. The normalized spacial score (nSPS) is 22.9.